The van der Waals surface area contributed by atoms with Crippen molar-refractivity contribution in [3.8, 4) is 0 Å². The van der Waals surface area contributed by atoms with Crippen LogP contribution in [0.25, 0.3) is 0 Å². The van der Waals surface area contributed by atoms with Crippen molar-refractivity contribution in [2.45, 2.75) is 26.3 Å². The van der Waals surface area contributed by atoms with Gasteiger partial charge in [-0.2, -0.15) is 5.10 Å². The van der Waals surface area contributed by atoms with Gasteiger partial charge in [0.1, 0.15) is 16.5 Å². The molecular formula is C11H11Cl2N3OS. The van der Waals surface area contributed by atoms with Crippen molar-refractivity contribution in [3.63, 3.8) is 0 Å². The Labute approximate surface area is 119 Å². The molecule has 0 aliphatic rings. The molecule has 0 saturated heterocycles. The molecule has 18 heavy (non-hydrogen) atoms. The summed E-state index contributed by atoms with van der Waals surface area (Å²) in [5.41, 5.74) is 0.456. The number of carbonyl (C=O) groups excluding carboxylic acids is 1. The topological polar surface area (TPSA) is 47.8 Å². The number of nitrogens with zero attached hydrogens (tertiary/aromatic N) is 3. The lowest BCUT2D eigenvalue weighted by molar-refractivity contribution is 0.0990. The van der Waals surface area contributed by atoms with Crippen LogP contribution in [0.1, 0.15) is 29.5 Å². The summed E-state index contributed by atoms with van der Waals surface area (Å²) in [6.45, 7) is 2.80. The fourth-order valence-corrected chi connectivity index (χ4v) is 3.09. The van der Waals surface area contributed by atoms with E-state index in [1.165, 1.54) is 17.7 Å². The monoisotopic (exact) mass is 303 g/mol. The molecule has 2 rings (SSSR count). The number of hydrogen-bond acceptors (Lipinski definition) is 4. The minimum atomic E-state index is -0.0893. The van der Waals surface area contributed by atoms with Crippen LogP contribution < -0.4 is 0 Å². The number of aromatic nitrogens is 3. The van der Waals surface area contributed by atoms with Gasteiger partial charge in [0.2, 0.25) is 0 Å². The maximum Gasteiger partial charge on any atom is 0.172 e. The largest absolute Gasteiger partial charge is 0.294 e. The molecule has 0 saturated carbocycles. The minimum absolute atomic E-state index is 0.0893. The summed E-state index contributed by atoms with van der Waals surface area (Å²) in [5.74, 6) is 0.564. The van der Waals surface area contributed by atoms with Gasteiger partial charge in [-0.25, -0.2) is 9.67 Å². The molecule has 7 heteroatoms. The SMILES string of the molecule is CCCn1ncnc1CC(=O)c1cc(Cl)sc1Cl. The Balaban J connectivity index is 2.16. The van der Waals surface area contributed by atoms with Crippen LogP contribution in [0.5, 0.6) is 0 Å². The molecule has 96 valence electrons. The third-order valence-electron chi connectivity index (χ3n) is 2.41. The molecule has 0 aliphatic heterocycles. The van der Waals surface area contributed by atoms with E-state index in [4.69, 9.17) is 23.2 Å². The second-order valence-corrected chi connectivity index (χ2v) is 6.02. The van der Waals surface area contributed by atoms with Crippen LogP contribution in [-0.2, 0) is 13.0 Å². The van der Waals surface area contributed by atoms with Crippen molar-refractivity contribution < 1.29 is 4.79 Å². The number of hydrogen-bond donors (Lipinski definition) is 0. The van der Waals surface area contributed by atoms with Crippen molar-refractivity contribution in [3.05, 3.63) is 32.5 Å². The van der Waals surface area contributed by atoms with Crippen LogP contribution >= 0.6 is 34.5 Å². The average Bonchev–Trinajstić information content (AvgIpc) is 2.87. The van der Waals surface area contributed by atoms with Crippen molar-refractivity contribution in [2.75, 3.05) is 0 Å². The molecule has 2 heterocycles. The van der Waals surface area contributed by atoms with Crippen molar-refractivity contribution >= 4 is 40.3 Å². The maximum atomic E-state index is 12.1. The summed E-state index contributed by atoms with van der Waals surface area (Å²) in [4.78, 5) is 16.2. The Morgan fingerprint density at radius 2 is 2.28 bits per heavy atom. The first kappa shape index (κ1) is 13.5. The minimum Gasteiger partial charge on any atom is -0.294 e. The molecule has 0 spiro atoms. The van der Waals surface area contributed by atoms with Gasteiger partial charge in [-0.15, -0.1) is 11.3 Å². The molecular weight excluding hydrogens is 293 g/mol. The summed E-state index contributed by atoms with van der Waals surface area (Å²) in [5, 5.41) is 4.08. The molecule has 0 atom stereocenters. The van der Waals surface area contributed by atoms with Crippen LogP contribution in [0, 0.1) is 0 Å². The Hall–Kier alpha value is -0.910. The maximum absolute atomic E-state index is 12.1. The first-order valence-corrected chi connectivity index (χ1v) is 7.03. The van der Waals surface area contributed by atoms with E-state index in [2.05, 4.69) is 10.1 Å². The lowest BCUT2D eigenvalue weighted by atomic mass is 10.1. The van der Waals surface area contributed by atoms with E-state index in [0.717, 1.165) is 13.0 Å². The molecule has 2 aromatic heterocycles. The molecule has 0 bridgehead atoms. The zero-order valence-corrected chi connectivity index (χ0v) is 12.0. The molecule has 0 N–H and O–H groups in total. The normalized spacial score (nSPS) is 10.8. The molecule has 0 aromatic carbocycles. The third-order valence-corrected chi connectivity index (χ3v) is 3.89. The zero-order chi connectivity index (χ0) is 13.1. The van der Waals surface area contributed by atoms with Gasteiger partial charge < -0.3 is 0 Å². The van der Waals surface area contributed by atoms with E-state index in [9.17, 15) is 4.79 Å². The smallest absolute Gasteiger partial charge is 0.172 e. The van der Waals surface area contributed by atoms with Gasteiger partial charge in [-0.1, -0.05) is 30.1 Å². The van der Waals surface area contributed by atoms with Gasteiger partial charge in [0.25, 0.3) is 0 Å². The molecule has 2 aromatic rings. The second-order valence-electron chi connectivity index (χ2n) is 3.74. The second kappa shape index (κ2) is 5.82. The van der Waals surface area contributed by atoms with Crippen LogP contribution in [-0.4, -0.2) is 20.5 Å². The molecule has 0 amide bonds. The summed E-state index contributed by atoms with van der Waals surface area (Å²) in [6, 6.07) is 1.59. The van der Waals surface area contributed by atoms with Crippen LogP contribution in [0.15, 0.2) is 12.4 Å². The van der Waals surface area contributed by atoms with Gasteiger partial charge in [0, 0.05) is 12.1 Å². The number of thiophene rings is 1. The van der Waals surface area contributed by atoms with Crippen LogP contribution in [0.2, 0.25) is 8.67 Å². The summed E-state index contributed by atoms with van der Waals surface area (Å²) >= 11 is 13.0. The lowest BCUT2D eigenvalue weighted by Gasteiger charge is -2.03. The molecule has 0 radical (unpaired) electrons. The third kappa shape index (κ3) is 2.91. The van der Waals surface area contributed by atoms with Crippen LogP contribution in [0.4, 0.5) is 0 Å². The van der Waals surface area contributed by atoms with Gasteiger partial charge in [0.05, 0.1) is 10.8 Å². The van der Waals surface area contributed by atoms with Gasteiger partial charge in [0.15, 0.2) is 5.78 Å². The van der Waals surface area contributed by atoms with E-state index < -0.39 is 0 Å². The number of Topliss-reactive ketones (excluding diaryl/α,β-unsaturated/α-hetero) is 1. The van der Waals surface area contributed by atoms with Crippen molar-refractivity contribution in [2.24, 2.45) is 0 Å². The lowest BCUT2D eigenvalue weighted by Crippen LogP contribution is -2.11. The van der Waals surface area contributed by atoms with E-state index in [-0.39, 0.29) is 12.2 Å². The highest BCUT2D eigenvalue weighted by molar-refractivity contribution is 7.20. The highest BCUT2D eigenvalue weighted by Crippen LogP contribution is 2.31. The van der Waals surface area contributed by atoms with E-state index in [1.54, 1.807) is 10.7 Å². The van der Waals surface area contributed by atoms with Crippen molar-refractivity contribution in [1.29, 1.82) is 0 Å². The number of aryl methyl sites for hydroxylation is 1. The molecule has 0 unspecified atom stereocenters. The Kier molecular flexibility index (Phi) is 4.37. The number of ketones is 1. The van der Waals surface area contributed by atoms with Crippen molar-refractivity contribution in [1.82, 2.24) is 14.8 Å². The number of rotatable bonds is 5. The Morgan fingerprint density at radius 3 is 2.89 bits per heavy atom. The predicted octanol–water partition coefficient (Wildman–Crippen LogP) is 3.48. The van der Waals surface area contributed by atoms with E-state index >= 15 is 0 Å². The Bertz CT molecular complexity index is 564. The van der Waals surface area contributed by atoms with Gasteiger partial charge >= 0.3 is 0 Å². The first-order chi connectivity index (χ1) is 8.61. The molecule has 4 nitrogen and oxygen atoms in total. The highest BCUT2D eigenvalue weighted by atomic mass is 35.5. The molecule has 0 aliphatic carbocycles. The zero-order valence-electron chi connectivity index (χ0n) is 9.69. The summed E-state index contributed by atoms with van der Waals surface area (Å²) in [6.07, 6.45) is 2.59. The molecule has 0 fully saturated rings. The van der Waals surface area contributed by atoms with Crippen LogP contribution in [0.3, 0.4) is 0 Å². The fourth-order valence-electron chi connectivity index (χ4n) is 1.59. The Morgan fingerprint density at radius 1 is 1.50 bits per heavy atom. The quantitative estimate of drug-likeness (QED) is 0.795. The fraction of sp³-hybridized carbons (Fsp3) is 0.364. The van der Waals surface area contributed by atoms with Gasteiger partial charge in [-0.3, -0.25) is 4.79 Å². The van der Waals surface area contributed by atoms with E-state index in [1.807, 2.05) is 6.92 Å². The number of carbonyl (C=O) groups is 1. The number of halogens is 2. The first-order valence-electron chi connectivity index (χ1n) is 5.46. The standard InChI is InChI=1S/C11H11Cl2N3OS/c1-2-3-16-10(14-6-15-16)5-8(17)7-4-9(12)18-11(7)13/h4,6H,2-3,5H2,1H3. The van der Waals surface area contributed by atoms with E-state index in [0.29, 0.717) is 20.1 Å². The average molecular weight is 304 g/mol. The summed E-state index contributed by atoms with van der Waals surface area (Å²) < 4.78 is 2.67. The predicted molar refractivity (Wildman–Crippen MR) is 72.7 cm³/mol. The van der Waals surface area contributed by atoms with Gasteiger partial charge in [-0.05, 0) is 12.5 Å². The highest BCUT2D eigenvalue weighted by Gasteiger charge is 2.17. The summed E-state index contributed by atoms with van der Waals surface area (Å²) in [7, 11) is 0.